The van der Waals surface area contributed by atoms with Crippen molar-refractivity contribution < 1.29 is 32.3 Å². The Morgan fingerprint density at radius 1 is 0.895 bits per heavy atom. The number of amides is 2. The summed E-state index contributed by atoms with van der Waals surface area (Å²) in [4.78, 5) is 39.2. The molecule has 38 heavy (non-hydrogen) atoms. The van der Waals surface area contributed by atoms with Crippen molar-refractivity contribution >= 4 is 23.3 Å². The van der Waals surface area contributed by atoms with Crippen LogP contribution in [0.15, 0.2) is 66.7 Å². The average molecular weight is 525 g/mol. The SMILES string of the molecule is COc1cc(C(=O)N2CCC(c3ccc(NC(=O)C(=O)c4ccc(C)cc4)cc3)CC2)cc(C(F)(F)F)c1. The number of carbonyl (C=O) groups excluding carboxylic acids is 3. The van der Waals surface area contributed by atoms with Gasteiger partial charge in [0.15, 0.2) is 0 Å². The normalized spacial score (nSPS) is 14.2. The zero-order valence-corrected chi connectivity index (χ0v) is 21.0. The molecule has 0 atom stereocenters. The van der Waals surface area contributed by atoms with Crippen molar-refractivity contribution in [3.63, 3.8) is 0 Å². The number of nitrogens with one attached hydrogen (secondary N) is 1. The maximum Gasteiger partial charge on any atom is 0.416 e. The number of nitrogens with zero attached hydrogens (tertiary/aromatic N) is 1. The summed E-state index contributed by atoms with van der Waals surface area (Å²) >= 11 is 0. The average Bonchev–Trinajstić information content (AvgIpc) is 2.92. The molecule has 6 nitrogen and oxygen atoms in total. The van der Waals surface area contributed by atoms with Crippen LogP contribution in [0.1, 0.15) is 56.2 Å². The molecule has 1 aliphatic heterocycles. The number of Topliss-reactive ketones (excluding diaryl/α,β-unsaturated/α-hetero) is 1. The van der Waals surface area contributed by atoms with Crippen LogP contribution < -0.4 is 10.1 Å². The molecule has 1 fully saturated rings. The molecule has 2 amide bonds. The lowest BCUT2D eigenvalue weighted by Crippen LogP contribution is -2.38. The Hall–Kier alpha value is -4.14. The molecule has 0 unspecified atom stereocenters. The van der Waals surface area contributed by atoms with Crippen molar-refractivity contribution in [3.05, 3.63) is 94.5 Å². The van der Waals surface area contributed by atoms with Gasteiger partial charge < -0.3 is 15.0 Å². The Labute approximate surface area is 218 Å². The Balaban J connectivity index is 1.35. The molecule has 0 saturated carbocycles. The van der Waals surface area contributed by atoms with E-state index in [1.165, 1.54) is 13.2 Å². The minimum absolute atomic E-state index is 0.0224. The summed E-state index contributed by atoms with van der Waals surface area (Å²) in [6.07, 6.45) is -3.31. The molecule has 0 radical (unpaired) electrons. The van der Waals surface area contributed by atoms with E-state index < -0.39 is 29.3 Å². The molecule has 1 aliphatic rings. The third-order valence-corrected chi connectivity index (χ3v) is 6.66. The number of ketones is 1. The molecule has 3 aromatic carbocycles. The van der Waals surface area contributed by atoms with Crippen LogP contribution in [0.2, 0.25) is 0 Å². The van der Waals surface area contributed by atoms with Crippen LogP contribution >= 0.6 is 0 Å². The van der Waals surface area contributed by atoms with E-state index in [0.717, 1.165) is 23.3 Å². The highest BCUT2D eigenvalue weighted by atomic mass is 19.4. The van der Waals surface area contributed by atoms with E-state index >= 15 is 0 Å². The summed E-state index contributed by atoms with van der Waals surface area (Å²) in [6.45, 7) is 2.68. The van der Waals surface area contributed by atoms with Gasteiger partial charge in [-0.15, -0.1) is 0 Å². The Morgan fingerprint density at radius 3 is 2.11 bits per heavy atom. The highest BCUT2D eigenvalue weighted by molar-refractivity contribution is 6.46. The Morgan fingerprint density at radius 2 is 1.53 bits per heavy atom. The largest absolute Gasteiger partial charge is 0.497 e. The number of carbonyl (C=O) groups is 3. The molecule has 0 bridgehead atoms. The summed E-state index contributed by atoms with van der Waals surface area (Å²) in [5.41, 5.74) is 1.82. The van der Waals surface area contributed by atoms with Gasteiger partial charge in [0.1, 0.15) is 5.75 Å². The van der Waals surface area contributed by atoms with E-state index in [1.54, 1.807) is 41.3 Å². The van der Waals surface area contributed by atoms with Gasteiger partial charge in [0, 0.05) is 29.9 Å². The smallest absolute Gasteiger partial charge is 0.416 e. The summed E-state index contributed by atoms with van der Waals surface area (Å²) in [5.74, 6) is -1.69. The van der Waals surface area contributed by atoms with Crippen LogP contribution in [0.3, 0.4) is 0 Å². The second-order valence-corrected chi connectivity index (χ2v) is 9.29. The monoisotopic (exact) mass is 524 g/mol. The van der Waals surface area contributed by atoms with Gasteiger partial charge in [0.05, 0.1) is 12.7 Å². The number of halogens is 3. The summed E-state index contributed by atoms with van der Waals surface area (Å²) in [6, 6.07) is 17.0. The van der Waals surface area contributed by atoms with E-state index in [-0.39, 0.29) is 17.2 Å². The molecular weight excluding hydrogens is 497 g/mol. The number of alkyl halides is 3. The highest BCUT2D eigenvalue weighted by Gasteiger charge is 2.33. The van der Waals surface area contributed by atoms with Crippen LogP contribution in [-0.4, -0.2) is 42.7 Å². The quantitative estimate of drug-likeness (QED) is 0.324. The first kappa shape index (κ1) is 26.9. The van der Waals surface area contributed by atoms with Gasteiger partial charge >= 0.3 is 6.18 Å². The number of likely N-dealkylation sites (tertiary alicyclic amines) is 1. The van der Waals surface area contributed by atoms with E-state index in [2.05, 4.69) is 5.32 Å². The molecule has 0 spiro atoms. The van der Waals surface area contributed by atoms with Crippen molar-refractivity contribution in [1.29, 1.82) is 0 Å². The molecule has 1 heterocycles. The summed E-state index contributed by atoms with van der Waals surface area (Å²) < 4.78 is 44.7. The number of methoxy groups -OCH3 is 1. The number of piperidine rings is 1. The lowest BCUT2D eigenvalue weighted by atomic mass is 9.89. The fraction of sp³-hybridized carbons (Fsp3) is 0.276. The predicted molar refractivity (Wildman–Crippen MR) is 136 cm³/mol. The number of anilines is 1. The van der Waals surface area contributed by atoms with Crippen molar-refractivity contribution in [2.45, 2.75) is 31.9 Å². The van der Waals surface area contributed by atoms with E-state index in [4.69, 9.17) is 4.74 Å². The number of aryl methyl sites for hydroxylation is 1. The van der Waals surface area contributed by atoms with Gasteiger partial charge in [-0.1, -0.05) is 42.0 Å². The van der Waals surface area contributed by atoms with E-state index in [1.807, 2.05) is 19.1 Å². The van der Waals surface area contributed by atoms with E-state index in [9.17, 15) is 27.6 Å². The van der Waals surface area contributed by atoms with Crippen LogP contribution in [0.5, 0.6) is 5.75 Å². The fourth-order valence-corrected chi connectivity index (χ4v) is 4.47. The van der Waals surface area contributed by atoms with Gasteiger partial charge in [0.2, 0.25) is 0 Å². The first-order chi connectivity index (χ1) is 18.0. The molecule has 1 N–H and O–H groups in total. The van der Waals surface area contributed by atoms with Crippen LogP contribution in [0.25, 0.3) is 0 Å². The Kier molecular flexibility index (Phi) is 7.85. The van der Waals surface area contributed by atoms with Crippen LogP contribution in [0, 0.1) is 6.92 Å². The number of hydrogen-bond acceptors (Lipinski definition) is 4. The summed E-state index contributed by atoms with van der Waals surface area (Å²) in [5, 5.41) is 2.62. The number of rotatable bonds is 6. The van der Waals surface area contributed by atoms with Gasteiger partial charge in [0.25, 0.3) is 17.6 Å². The predicted octanol–water partition coefficient (Wildman–Crippen LogP) is 5.86. The first-order valence-electron chi connectivity index (χ1n) is 12.1. The molecule has 4 rings (SSSR count). The van der Waals surface area contributed by atoms with Crippen molar-refractivity contribution in [3.8, 4) is 5.75 Å². The third-order valence-electron chi connectivity index (χ3n) is 6.66. The number of benzene rings is 3. The van der Waals surface area contributed by atoms with Gasteiger partial charge in [-0.3, -0.25) is 14.4 Å². The fourth-order valence-electron chi connectivity index (χ4n) is 4.47. The topological polar surface area (TPSA) is 75.7 Å². The minimum atomic E-state index is -4.59. The van der Waals surface area contributed by atoms with Crippen molar-refractivity contribution in [2.24, 2.45) is 0 Å². The first-order valence-corrected chi connectivity index (χ1v) is 12.1. The van der Waals surface area contributed by atoms with Crippen molar-refractivity contribution in [2.75, 3.05) is 25.5 Å². The van der Waals surface area contributed by atoms with Crippen LogP contribution in [-0.2, 0) is 11.0 Å². The standard InChI is InChI=1S/C29H27F3N2O4/c1-18-3-5-21(6-4-18)26(35)27(36)33-24-9-7-19(8-10-24)20-11-13-34(14-12-20)28(37)22-15-23(29(30,31)32)17-25(16-22)38-2/h3-10,15-17,20H,11-14H2,1-2H3,(H,33,36). The lowest BCUT2D eigenvalue weighted by molar-refractivity contribution is -0.137. The molecule has 3 aromatic rings. The van der Waals surface area contributed by atoms with E-state index in [0.29, 0.717) is 37.2 Å². The summed E-state index contributed by atoms with van der Waals surface area (Å²) in [7, 11) is 1.26. The number of hydrogen-bond donors (Lipinski definition) is 1. The molecule has 198 valence electrons. The third kappa shape index (κ3) is 6.22. The molecule has 9 heteroatoms. The van der Waals surface area contributed by atoms with Gasteiger partial charge in [-0.25, -0.2) is 0 Å². The van der Waals surface area contributed by atoms with Gasteiger partial charge in [-0.05, 0) is 61.6 Å². The highest BCUT2D eigenvalue weighted by Crippen LogP contribution is 2.34. The minimum Gasteiger partial charge on any atom is -0.497 e. The molecule has 0 aromatic heterocycles. The lowest BCUT2D eigenvalue weighted by Gasteiger charge is -2.32. The molecule has 0 aliphatic carbocycles. The van der Waals surface area contributed by atoms with Crippen LogP contribution in [0.4, 0.5) is 18.9 Å². The number of ether oxygens (including phenoxy) is 1. The van der Waals surface area contributed by atoms with Crippen molar-refractivity contribution in [1.82, 2.24) is 4.90 Å². The maximum absolute atomic E-state index is 13.2. The second kappa shape index (κ2) is 11.1. The molecular formula is C29H27F3N2O4. The zero-order valence-electron chi connectivity index (χ0n) is 21.0. The maximum atomic E-state index is 13.2. The second-order valence-electron chi connectivity index (χ2n) is 9.29. The van der Waals surface area contributed by atoms with Gasteiger partial charge in [-0.2, -0.15) is 13.2 Å². The zero-order chi connectivity index (χ0) is 27.4. The molecule has 1 saturated heterocycles. The Bertz CT molecular complexity index is 1330.